The molecule has 136 valence electrons. The van der Waals surface area contributed by atoms with Crippen molar-refractivity contribution in [3.8, 4) is 0 Å². The van der Waals surface area contributed by atoms with Gasteiger partial charge in [-0.05, 0) is 36.3 Å². The van der Waals surface area contributed by atoms with Crippen LogP contribution in [-0.2, 0) is 23.7 Å². The van der Waals surface area contributed by atoms with E-state index in [1.54, 1.807) is 16.0 Å². The van der Waals surface area contributed by atoms with E-state index in [-0.39, 0.29) is 0 Å². The van der Waals surface area contributed by atoms with Crippen LogP contribution in [0.5, 0.6) is 0 Å². The molecule has 25 heavy (non-hydrogen) atoms. The summed E-state index contributed by atoms with van der Waals surface area (Å²) in [6.45, 7) is 1.63. The van der Waals surface area contributed by atoms with Gasteiger partial charge in [-0.1, -0.05) is 30.3 Å². The summed E-state index contributed by atoms with van der Waals surface area (Å²) >= 11 is 0. The fourth-order valence-electron chi connectivity index (χ4n) is 3.31. The topological polar surface area (TPSA) is 58.4 Å². The van der Waals surface area contributed by atoms with Crippen molar-refractivity contribution < 1.29 is 8.42 Å². The first-order chi connectivity index (χ1) is 12.0. The van der Waals surface area contributed by atoms with Crippen molar-refractivity contribution in [3.63, 3.8) is 0 Å². The van der Waals surface area contributed by atoms with E-state index in [1.807, 2.05) is 49.8 Å². The Kier molecular flexibility index (Phi) is 5.56. The molecule has 2 heterocycles. The summed E-state index contributed by atoms with van der Waals surface area (Å²) in [6.07, 6.45) is 6.33. The van der Waals surface area contributed by atoms with Gasteiger partial charge in [0.2, 0.25) is 0 Å². The molecule has 0 unspecified atom stereocenters. The first-order valence-electron chi connectivity index (χ1n) is 8.70. The average Bonchev–Trinajstić information content (AvgIpc) is 3.07. The molecule has 1 fully saturated rings. The first-order valence-corrected chi connectivity index (χ1v) is 10.1. The van der Waals surface area contributed by atoms with Crippen LogP contribution in [0.1, 0.15) is 29.9 Å². The van der Waals surface area contributed by atoms with Gasteiger partial charge in [0.1, 0.15) is 0 Å². The van der Waals surface area contributed by atoms with E-state index in [0.717, 1.165) is 24.8 Å². The number of likely N-dealkylation sites (N-methyl/N-ethyl adjacent to an activating group) is 1. The van der Waals surface area contributed by atoms with Crippen molar-refractivity contribution in [1.29, 1.82) is 0 Å². The third kappa shape index (κ3) is 4.29. The number of piperidine rings is 1. The maximum absolute atomic E-state index is 12.8. The molecule has 0 radical (unpaired) electrons. The van der Waals surface area contributed by atoms with E-state index in [2.05, 4.69) is 5.10 Å². The maximum atomic E-state index is 12.8. The van der Waals surface area contributed by atoms with Gasteiger partial charge in [-0.15, -0.1) is 0 Å². The standard InChI is InChI=1S/C18H26N4O2S/c1-20-15-18(14-19-20)17-9-12-22(13-10-17)25(23,24)21(2)11-8-16-6-4-3-5-7-16/h3-7,14-15,17H,8-13H2,1-2H3. The smallest absolute Gasteiger partial charge is 0.276 e. The Morgan fingerprint density at radius 3 is 2.48 bits per heavy atom. The highest BCUT2D eigenvalue weighted by molar-refractivity contribution is 7.86. The van der Waals surface area contributed by atoms with Crippen LogP contribution in [-0.4, -0.2) is 53.5 Å². The molecule has 1 aromatic carbocycles. The summed E-state index contributed by atoms with van der Waals surface area (Å²) in [5.41, 5.74) is 2.36. The molecule has 0 saturated carbocycles. The van der Waals surface area contributed by atoms with Crippen molar-refractivity contribution in [2.45, 2.75) is 25.2 Å². The number of aryl methyl sites for hydroxylation is 1. The fraction of sp³-hybridized carbons (Fsp3) is 0.500. The molecule has 0 spiro atoms. The molecule has 1 aliphatic heterocycles. The Balaban J connectivity index is 1.55. The zero-order valence-corrected chi connectivity index (χ0v) is 15.7. The van der Waals surface area contributed by atoms with Crippen LogP contribution in [0, 0.1) is 0 Å². The molecule has 0 atom stereocenters. The van der Waals surface area contributed by atoms with Gasteiger partial charge < -0.3 is 0 Å². The van der Waals surface area contributed by atoms with E-state index >= 15 is 0 Å². The van der Waals surface area contributed by atoms with Crippen LogP contribution in [0.2, 0.25) is 0 Å². The molecular weight excluding hydrogens is 336 g/mol. The summed E-state index contributed by atoms with van der Waals surface area (Å²) in [5, 5.41) is 4.22. The first kappa shape index (κ1) is 18.1. The minimum Gasteiger partial charge on any atom is -0.276 e. The van der Waals surface area contributed by atoms with E-state index in [0.29, 0.717) is 25.6 Å². The zero-order valence-electron chi connectivity index (χ0n) is 14.9. The van der Waals surface area contributed by atoms with Crippen LogP contribution in [0.25, 0.3) is 0 Å². The van der Waals surface area contributed by atoms with Gasteiger partial charge in [0.15, 0.2) is 0 Å². The van der Waals surface area contributed by atoms with Crippen molar-refractivity contribution in [1.82, 2.24) is 18.4 Å². The van der Waals surface area contributed by atoms with Gasteiger partial charge in [-0.3, -0.25) is 4.68 Å². The molecule has 0 amide bonds. The molecule has 0 bridgehead atoms. The summed E-state index contributed by atoms with van der Waals surface area (Å²) in [6, 6.07) is 9.98. The van der Waals surface area contributed by atoms with Crippen molar-refractivity contribution >= 4 is 10.2 Å². The van der Waals surface area contributed by atoms with Crippen LogP contribution < -0.4 is 0 Å². The average molecular weight is 362 g/mol. The van der Waals surface area contributed by atoms with Crippen molar-refractivity contribution in [3.05, 3.63) is 53.9 Å². The molecule has 0 aliphatic carbocycles. The lowest BCUT2D eigenvalue weighted by atomic mass is 9.93. The molecule has 3 rings (SSSR count). The molecule has 6 nitrogen and oxygen atoms in total. The minimum atomic E-state index is -3.39. The minimum absolute atomic E-state index is 0.398. The van der Waals surface area contributed by atoms with Crippen LogP contribution in [0.3, 0.4) is 0 Å². The monoisotopic (exact) mass is 362 g/mol. The maximum Gasteiger partial charge on any atom is 0.281 e. The summed E-state index contributed by atoms with van der Waals surface area (Å²) in [5.74, 6) is 0.398. The predicted octanol–water partition coefficient (Wildman–Crippen LogP) is 2.02. The molecule has 1 aliphatic rings. The number of rotatable bonds is 6. The third-order valence-electron chi connectivity index (χ3n) is 4.93. The van der Waals surface area contributed by atoms with Gasteiger partial charge >= 0.3 is 0 Å². The normalized spacial score (nSPS) is 17.2. The Morgan fingerprint density at radius 1 is 1.20 bits per heavy atom. The van der Waals surface area contributed by atoms with Gasteiger partial charge in [-0.25, -0.2) is 0 Å². The van der Waals surface area contributed by atoms with Gasteiger partial charge in [0.25, 0.3) is 10.2 Å². The second kappa shape index (κ2) is 7.68. The van der Waals surface area contributed by atoms with Crippen molar-refractivity contribution in [2.75, 3.05) is 26.7 Å². The highest BCUT2D eigenvalue weighted by atomic mass is 32.2. The highest BCUT2D eigenvalue weighted by Gasteiger charge is 2.31. The zero-order chi connectivity index (χ0) is 17.9. The Hall–Kier alpha value is -1.70. The Labute approximate surface area is 150 Å². The number of aromatic nitrogens is 2. The number of hydrogen-bond donors (Lipinski definition) is 0. The number of nitrogens with zero attached hydrogens (tertiary/aromatic N) is 4. The molecule has 2 aromatic rings. The highest BCUT2D eigenvalue weighted by Crippen LogP contribution is 2.29. The van der Waals surface area contributed by atoms with Crippen molar-refractivity contribution in [2.24, 2.45) is 7.05 Å². The summed E-state index contributed by atoms with van der Waals surface area (Å²) in [7, 11) is 0.193. The van der Waals surface area contributed by atoms with E-state index in [9.17, 15) is 8.42 Å². The lowest BCUT2D eigenvalue weighted by molar-refractivity contribution is 0.296. The van der Waals surface area contributed by atoms with Crippen LogP contribution >= 0.6 is 0 Å². The van der Waals surface area contributed by atoms with E-state index < -0.39 is 10.2 Å². The summed E-state index contributed by atoms with van der Waals surface area (Å²) in [4.78, 5) is 0. The molecule has 7 heteroatoms. The van der Waals surface area contributed by atoms with E-state index in [4.69, 9.17) is 0 Å². The predicted molar refractivity (Wildman–Crippen MR) is 98.5 cm³/mol. The Morgan fingerprint density at radius 2 is 1.88 bits per heavy atom. The molecule has 0 N–H and O–H groups in total. The van der Waals surface area contributed by atoms with Gasteiger partial charge in [0.05, 0.1) is 6.20 Å². The molecule has 1 saturated heterocycles. The SMILES string of the molecule is CN(CCc1ccccc1)S(=O)(=O)N1CCC(c2cnn(C)c2)CC1. The Bertz CT molecular complexity index is 780. The van der Waals surface area contributed by atoms with Crippen LogP contribution in [0.4, 0.5) is 0 Å². The van der Waals surface area contributed by atoms with E-state index in [1.165, 1.54) is 9.87 Å². The fourth-order valence-corrected chi connectivity index (χ4v) is 4.70. The largest absolute Gasteiger partial charge is 0.281 e. The van der Waals surface area contributed by atoms with Gasteiger partial charge in [-0.2, -0.15) is 22.1 Å². The lowest BCUT2D eigenvalue weighted by Gasteiger charge is -2.33. The van der Waals surface area contributed by atoms with Crippen LogP contribution in [0.15, 0.2) is 42.7 Å². The quantitative estimate of drug-likeness (QED) is 0.790. The molecule has 1 aromatic heterocycles. The van der Waals surface area contributed by atoms with Gasteiger partial charge in [0, 0.05) is 39.9 Å². The number of hydrogen-bond acceptors (Lipinski definition) is 3. The second-order valence-electron chi connectivity index (χ2n) is 6.69. The molecular formula is C18H26N4O2S. The number of benzene rings is 1. The second-order valence-corrected chi connectivity index (χ2v) is 8.72. The lowest BCUT2D eigenvalue weighted by Crippen LogP contribution is -2.46. The third-order valence-corrected chi connectivity index (χ3v) is 6.92. The summed E-state index contributed by atoms with van der Waals surface area (Å²) < 4.78 is 30.5.